The molecule has 9 heteroatoms. The summed E-state index contributed by atoms with van der Waals surface area (Å²) >= 11 is 0. The summed E-state index contributed by atoms with van der Waals surface area (Å²) in [5.74, 6) is 1.57. The van der Waals surface area contributed by atoms with Crippen molar-refractivity contribution in [3.63, 3.8) is 0 Å². The van der Waals surface area contributed by atoms with Gasteiger partial charge in [0.25, 0.3) is 0 Å². The van der Waals surface area contributed by atoms with Gasteiger partial charge in [-0.05, 0) is 38.1 Å². The van der Waals surface area contributed by atoms with Crippen molar-refractivity contribution in [2.24, 2.45) is 0 Å². The lowest BCUT2D eigenvalue weighted by Crippen LogP contribution is -2.49. The minimum absolute atomic E-state index is 0.330. The summed E-state index contributed by atoms with van der Waals surface area (Å²) < 4.78 is 29.5. The van der Waals surface area contributed by atoms with Crippen LogP contribution in [0.1, 0.15) is 24.0 Å². The highest BCUT2D eigenvalue weighted by molar-refractivity contribution is 7.89. The minimum atomic E-state index is -3.51. The number of sulfonamides is 1. The van der Waals surface area contributed by atoms with Crippen LogP contribution >= 0.6 is 0 Å². The van der Waals surface area contributed by atoms with E-state index in [2.05, 4.69) is 24.0 Å². The largest absolute Gasteiger partial charge is 0.353 e. The molecular weight excluding hydrogens is 448 g/mol. The second kappa shape index (κ2) is 8.81. The topological polar surface area (TPSA) is 84.2 Å². The van der Waals surface area contributed by atoms with Gasteiger partial charge in [0.1, 0.15) is 11.6 Å². The van der Waals surface area contributed by atoms with Gasteiger partial charge in [0.05, 0.1) is 21.7 Å². The maximum atomic E-state index is 13.0. The number of aromatic nitrogens is 4. The van der Waals surface area contributed by atoms with Crippen LogP contribution in [0.5, 0.6) is 0 Å². The summed E-state index contributed by atoms with van der Waals surface area (Å²) in [6, 6.07) is 16.8. The molecule has 0 aliphatic carbocycles. The fourth-order valence-corrected chi connectivity index (χ4v) is 5.78. The second-order valence-corrected chi connectivity index (χ2v) is 10.5. The Labute approximate surface area is 199 Å². The van der Waals surface area contributed by atoms with E-state index in [0.29, 0.717) is 37.5 Å². The number of aryl methyl sites for hydroxylation is 3. The lowest BCUT2D eigenvalue weighted by Gasteiger charge is -2.35. The summed E-state index contributed by atoms with van der Waals surface area (Å²) in [5.41, 5.74) is 3.77. The summed E-state index contributed by atoms with van der Waals surface area (Å²) in [4.78, 5) is 12.2. The van der Waals surface area contributed by atoms with Gasteiger partial charge in [-0.25, -0.2) is 23.1 Å². The van der Waals surface area contributed by atoms with Crippen LogP contribution in [-0.2, 0) is 16.4 Å². The molecule has 5 rings (SSSR count). The van der Waals surface area contributed by atoms with Crippen molar-refractivity contribution in [1.29, 1.82) is 0 Å². The maximum Gasteiger partial charge on any atom is 0.243 e. The molecule has 0 spiro atoms. The third-order valence-corrected chi connectivity index (χ3v) is 8.16. The van der Waals surface area contributed by atoms with E-state index in [9.17, 15) is 8.42 Å². The number of anilines is 1. The monoisotopic (exact) mass is 476 g/mol. The zero-order chi connectivity index (χ0) is 23.9. The molecule has 0 bridgehead atoms. The van der Waals surface area contributed by atoms with Crippen molar-refractivity contribution in [2.75, 3.05) is 31.1 Å². The summed E-state index contributed by atoms with van der Waals surface area (Å²) in [6.45, 7) is 7.97. The number of fused-ring (bicyclic) bond motifs is 1. The zero-order valence-corrected chi connectivity index (χ0v) is 20.5. The van der Waals surface area contributed by atoms with Crippen molar-refractivity contribution in [1.82, 2.24) is 24.1 Å². The fraction of sp³-hybridized carbons (Fsp3) is 0.320. The smallest absolute Gasteiger partial charge is 0.243 e. The van der Waals surface area contributed by atoms with Gasteiger partial charge in [0.2, 0.25) is 10.0 Å². The normalized spacial score (nSPS) is 15.2. The van der Waals surface area contributed by atoms with Crippen LogP contribution in [0, 0.1) is 13.8 Å². The predicted octanol–water partition coefficient (Wildman–Crippen LogP) is 3.51. The SMILES string of the molecule is CCc1nc(N2CCN(S(=O)(=O)c3ccccc3)CC2)c2c(C)nn(-c3ccc(C)cc3)c2n1. The Kier molecular flexibility index (Phi) is 5.83. The van der Waals surface area contributed by atoms with Crippen molar-refractivity contribution in [2.45, 2.75) is 32.1 Å². The molecule has 0 N–H and O–H groups in total. The molecule has 176 valence electrons. The molecule has 2 aromatic heterocycles. The Hall–Kier alpha value is -3.30. The standard InChI is InChI=1S/C25H28N6O2S/c1-4-22-26-24(23-19(3)28-31(25(23)27-22)20-12-10-18(2)11-13-20)29-14-16-30(17-15-29)34(32,33)21-8-6-5-7-9-21/h5-13H,4,14-17H2,1-3H3. The molecule has 1 aliphatic rings. The Bertz CT molecular complexity index is 1420. The second-order valence-electron chi connectivity index (χ2n) is 8.55. The molecule has 0 atom stereocenters. The van der Waals surface area contributed by atoms with E-state index in [1.807, 2.05) is 36.7 Å². The van der Waals surface area contributed by atoms with Gasteiger partial charge >= 0.3 is 0 Å². The van der Waals surface area contributed by atoms with Crippen LogP contribution in [0.3, 0.4) is 0 Å². The quantitative estimate of drug-likeness (QED) is 0.438. The number of benzene rings is 2. The first-order valence-electron chi connectivity index (χ1n) is 11.5. The van der Waals surface area contributed by atoms with E-state index in [0.717, 1.165) is 34.1 Å². The highest BCUT2D eigenvalue weighted by Gasteiger charge is 2.30. The molecular formula is C25H28N6O2S. The molecule has 2 aromatic carbocycles. The van der Waals surface area contributed by atoms with Crippen LogP contribution in [-0.4, -0.2) is 58.7 Å². The fourth-order valence-electron chi connectivity index (χ4n) is 4.34. The molecule has 8 nitrogen and oxygen atoms in total. The number of nitrogens with zero attached hydrogens (tertiary/aromatic N) is 6. The van der Waals surface area contributed by atoms with Crippen LogP contribution in [0.25, 0.3) is 16.7 Å². The lowest BCUT2D eigenvalue weighted by molar-refractivity contribution is 0.384. The third-order valence-electron chi connectivity index (χ3n) is 6.24. The summed E-state index contributed by atoms with van der Waals surface area (Å²) in [6.07, 6.45) is 0.698. The molecule has 0 saturated carbocycles. The van der Waals surface area contributed by atoms with Gasteiger partial charge in [-0.2, -0.15) is 9.40 Å². The van der Waals surface area contributed by atoms with Crippen molar-refractivity contribution in [3.8, 4) is 5.69 Å². The van der Waals surface area contributed by atoms with E-state index in [1.165, 1.54) is 5.56 Å². The van der Waals surface area contributed by atoms with Crippen LogP contribution in [0.2, 0.25) is 0 Å². The molecule has 4 aromatic rings. The van der Waals surface area contributed by atoms with E-state index in [1.54, 1.807) is 28.6 Å². The summed E-state index contributed by atoms with van der Waals surface area (Å²) in [7, 11) is -3.51. The number of hydrogen-bond donors (Lipinski definition) is 0. The predicted molar refractivity (Wildman–Crippen MR) is 133 cm³/mol. The van der Waals surface area contributed by atoms with Gasteiger partial charge in [0.15, 0.2) is 5.65 Å². The average molecular weight is 477 g/mol. The molecule has 0 radical (unpaired) electrons. The van der Waals surface area contributed by atoms with Gasteiger partial charge in [-0.1, -0.05) is 42.8 Å². The molecule has 34 heavy (non-hydrogen) atoms. The summed E-state index contributed by atoms with van der Waals surface area (Å²) in [5, 5.41) is 5.71. The van der Waals surface area contributed by atoms with Gasteiger partial charge in [0, 0.05) is 32.6 Å². The maximum absolute atomic E-state index is 13.0. The van der Waals surface area contributed by atoms with E-state index < -0.39 is 10.0 Å². The Balaban J connectivity index is 1.49. The number of rotatable bonds is 5. The average Bonchev–Trinajstić information content (AvgIpc) is 3.20. The first-order chi connectivity index (χ1) is 16.4. The Morgan fingerprint density at radius 2 is 1.56 bits per heavy atom. The lowest BCUT2D eigenvalue weighted by atomic mass is 10.2. The number of hydrogen-bond acceptors (Lipinski definition) is 6. The van der Waals surface area contributed by atoms with Crippen molar-refractivity contribution >= 4 is 26.9 Å². The van der Waals surface area contributed by atoms with Crippen molar-refractivity contribution in [3.05, 3.63) is 71.7 Å². The highest BCUT2D eigenvalue weighted by atomic mass is 32.2. The molecule has 1 aliphatic heterocycles. The molecule has 0 amide bonds. The van der Waals surface area contributed by atoms with E-state index in [4.69, 9.17) is 15.1 Å². The molecule has 3 heterocycles. The van der Waals surface area contributed by atoms with Crippen LogP contribution in [0.4, 0.5) is 5.82 Å². The first kappa shape index (κ1) is 22.5. The van der Waals surface area contributed by atoms with Crippen LogP contribution < -0.4 is 4.90 Å². The van der Waals surface area contributed by atoms with Gasteiger partial charge in [-0.15, -0.1) is 0 Å². The third kappa shape index (κ3) is 3.95. The van der Waals surface area contributed by atoms with E-state index >= 15 is 0 Å². The minimum Gasteiger partial charge on any atom is -0.353 e. The zero-order valence-electron chi connectivity index (χ0n) is 19.6. The highest BCUT2D eigenvalue weighted by Crippen LogP contribution is 2.30. The molecule has 0 unspecified atom stereocenters. The molecule has 1 saturated heterocycles. The Morgan fingerprint density at radius 3 is 2.21 bits per heavy atom. The first-order valence-corrected chi connectivity index (χ1v) is 13.0. The van der Waals surface area contributed by atoms with Gasteiger partial charge < -0.3 is 4.90 Å². The molecule has 1 fully saturated rings. The van der Waals surface area contributed by atoms with E-state index in [-0.39, 0.29) is 0 Å². The Morgan fingerprint density at radius 1 is 0.882 bits per heavy atom. The van der Waals surface area contributed by atoms with Crippen molar-refractivity contribution < 1.29 is 8.42 Å². The van der Waals surface area contributed by atoms with Gasteiger partial charge in [-0.3, -0.25) is 0 Å². The van der Waals surface area contributed by atoms with Crippen LogP contribution in [0.15, 0.2) is 59.5 Å². The number of piperazine rings is 1.